The Kier molecular flexibility index (Phi) is 3.95. The van der Waals surface area contributed by atoms with E-state index in [-0.39, 0.29) is 29.7 Å². The van der Waals surface area contributed by atoms with E-state index in [2.05, 4.69) is 15.3 Å². The van der Waals surface area contributed by atoms with Crippen LogP contribution in [0.3, 0.4) is 0 Å². The van der Waals surface area contributed by atoms with E-state index < -0.39 is 0 Å². The van der Waals surface area contributed by atoms with E-state index in [1.807, 2.05) is 20.8 Å². The highest BCUT2D eigenvalue weighted by molar-refractivity contribution is 5.92. The summed E-state index contributed by atoms with van der Waals surface area (Å²) in [4.78, 5) is 19.4. The average Bonchev–Trinajstić information content (AvgIpc) is 2.25. The standard InChI is InChI=1S/C11H17N3O2/c1-11(2,3)9(7-15)14-10(16)8-6-12-4-5-13-8/h4-6,9,15H,7H2,1-3H3,(H,14,16). The fourth-order valence-corrected chi connectivity index (χ4v) is 1.18. The zero-order valence-electron chi connectivity index (χ0n) is 9.77. The van der Waals surface area contributed by atoms with Crippen LogP contribution in [0.1, 0.15) is 31.3 Å². The number of amides is 1. The van der Waals surface area contributed by atoms with Gasteiger partial charge in [0.15, 0.2) is 0 Å². The van der Waals surface area contributed by atoms with Gasteiger partial charge in [0.2, 0.25) is 0 Å². The molecule has 0 spiro atoms. The van der Waals surface area contributed by atoms with E-state index in [1.165, 1.54) is 18.6 Å². The smallest absolute Gasteiger partial charge is 0.271 e. The summed E-state index contributed by atoms with van der Waals surface area (Å²) in [6.45, 7) is 5.75. The number of hydrogen-bond donors (Lipinski definition) is 2. The quantitative estimate of drug-likeness (QED) is 0.787. The van der Waals surface area contributed by atoms with Crippen molar-refractivity contribution in [3.8, 4) is 0 Å². The third kappa shape index (κ3) is 3.27. The Bertz CT molecular complexity index is 346. The van der Waals surface area contributed by atoms with E-state index in [1.54, 1.807) is 0 Å². The Hall–Kier alpha value is -1.49. The van der Waals surface area contributed by atoms with Gasteiger partial charge in [0.25, 0.3) is 5.91 Å². The van der Waals surface area contributed by atoms with Gasteiger partial charge in [-0.15, -0.1) is 0 Å². The van der Waals surface area contributed by atoms with Crippen LogP contribution in [0.5, 0.6) is 0 Å². The molecule has 0 fully saturated rings. The molecule has 0 bridgehead atoms. The van der Waals surface area contributed by atoms with E-state index in [0.29, 0.717) is 0 Å². The van der Waals surface area contributed by atoms with Crippen LogP contribution in [0.15, 0.2) is 18.6 Å². The van der Waals surface area contributed by atoms with Crippen LogP contribution in [0.25, 0.3) is 0 Å². The van der Waals surface area contributed by atoms with E-state index in [9.17, 15) is 9.90 Å². The average molecular weight is 223 g/mol. The Morgan fingerprint density at radius 3 is 2.62 bits per heavy atom. The fourth-order valence-electron chi connectivity index (χ4n) is 1.18. The van der Waals surface area contributed by atoms with Crippen molar-refractivity contribution < 1.29 is 9.90 Å². The molecule has 0 saturated heterocycles. The van der Waals surface area contributed by atoms with E-state index >= 15 is 0 Å². The molecule has 1 heterocycles. The van der Waals surface area contributed by atoms with Crippen LogP contribution in [-0.4, -0.2) is 33.6 Å². The first kappa shape index (κ1) is 12.6. The van der Waals surface area contributed by atoms with Gasteiger partial charge in [0.05, 0.1) is 18.8 Å². The summed E-state index contributed by atoms with van der Waals surface area (Å²) in [5, 5.41) is 11.9. The molecule has 1 amide bonds. The van der Waals surface area contributed by atoms with Crippen LogP contribution in [-0.2, 0) is 0 Å². The molecule has 0 aromatic carbocycles. The molecule has 0 radical (unpaired) electrons. The molecule has 2 N–H and O–H groups in total. The normalized spacial score (nSPS) is 13.2. The molecule has 5 nitrogen and oxygen atoms in total. The summed E-state index contributed by atoms with van der Waals surface area (Å²) < 4.78 is 0. The molecule has 1 aromatic rings. The molecular formula is C11H17N3O2. The highest BCUT2D eigenvalue weighted by Crippen LogP contribution is 2.18. The Balaban J connectivity index is 2.71. The third-order valence-electron chi connectivity index (χ3n) is 2.33. The minimum Gasteiger partial charge on any atom is -0.394 e. The summed E-state index contributed by atoms with van der Waals surface area (Å²) in [7, 11) is 0. The molecule has 0 aliphatic heterocycles. The summed E-state index contributed by atoms with van der Waals surface area (Å²) in [6, 6.07) is -0.304. The summed E-state index contributed by atoms with van der Waals surface area (Å²) in [6.07, 6.45) is 4.36. The van der Waals surface area contributed by atoms with Crippen molar-refractivity contribution in [1.82, 2.24) is 15.3 Å². The molecule has 0 aliphatic rings. The number of carbonyl (C=O) groups is 1. The number of nitrogens with zero attached hydrogens (tertiary/aromatic N) is 2. The first-order valence-corrected chi connectivity index (χ1v) is 5.13. The lowest BCUT2D eigenvalue weighted by molar-refractivity contribution is 0.0842. The van der Waals surface area contributed by atoms with Gasteiger partial charge in [-0.1, -0.05) is 20.8 Å². The summed E-state index contributed by atoms with van der Waals surface area (Å²) >= 11 is 0. The highest BCUT2D eigenvalue weighted by Gasteiger charge is 2.26. The second-order valence-electron chi connectivity index (χ2n) is 4.67. The summed E-state index contributed by atoms with van der Waals surface area (Å²) in [5.41, 5.74) is 0.0530. The molecule has 5 heteroatoms. The molecule has 88 valence electrons. The molecule has 1 rings (SSSR count). The zero-order chi connectivity index (χ0) is 12.2. The van der Waals surface area contributed by atoms with Gasteiger partial charge >= 0.3 is 0 Å². The molecule has 16 heavy (non-hydrogen) atoms. The van der Waals surface area contributed by atoms with E-state index in [0.717, 1.165) is 0 Å². The lowest BCUT2D eigenvalue weighted by atomic mass is 9.87. The molecule has 1 atom stereocenters. The molecule has 0 aliphatic carbocycles. The van der Waals surface area contributed by atoms with Gasteiger partial charge in [-0.25, -0.2) is 4.98 Å². The van der Waals surface area contributed by atoms with Crippen LogP contribution >= 0.6 is 0 Å². The lowest BCUT2D eigenvalue weighted by Crippen LogP contribution is -2.46. The molecular weight excluding hydrogens is 206 g/mol. The SMILES string of the molecule is CC(C)(C)C(CO)NC(=O)c1cnccn1. The van der Waals surface area contributed by atoms with Crippen molar-refractivity contribution in [2.45, 2.75) is 26.8 Å². The monoisotopic (exact) mass is 223 g/mol. The van der Waals surface area contributed by atoms with Crippen molar-refractivity contribution in [3.05, 3.63) is 24.3 Å². The van der Waals surface area contributed by atoms with Crippen molar-refractivity contribution in [2.75, 3.05) is 6.61 Å². The molecule has 0 saturated carbocycles. The van der Waals surface area contributed by atoms with Gasteiger partial charge in [0.1, 0.15) is 5.69 Å². The predicted octanol–water partition coefficient (Wildman–Crippen LogP) is 0.613. The number of aliphatic hydroxyl groups excluding tert-OH is 1. The Labute approximate surface area is 94.9 Å². The van der Waals surface area contributed by atoms with Gasteiger partial charge in [-0.3, -0.25) is 9.78 Å². The molecule has 1 aromatic heterocycles. The third-order valence-corrected chi connectivity index (χ3v) is 2.33. The second kappa shape index (κ2) is 5.03. The zero-order valence-corrected chi connectivity index (χ0v) is 9.77. The fraction of sp³-hybridized carbons (Fsp3) is 0.545. The number of aliphatic hydroxyl groups is 1. The van der Waals surface area contributed by atoms with E-state index in [4.69, 9.17) is 0 Å². The number of rotatable bonds is 3. The Morgan fingerprint density at radius 2 is 2.19 bits per heavy atom. The van der Waals surface area contributed by atoms with Gasteiger partial charge < -0.3 is 10.4 Å². The molecule has 1 unspecified atom stereocenters. The maximum absolute atomic E-state index is 11.7. The van der Waals surface area contributed by atoms with Crippen molar-refractivity contribution in [3.63, 3.8) is 0 Å². The van der Waals surface area contributed by atoms with Crippen LogP contribution in [0.2, 0.25) is 0 Å². The first-order chi connectivity index (χ1) is 7.45. The minimum atomic E-state index is -0.318. The van der Waals surface area contributed by atoms with Crippen LogP contribution < -0.4 is 5.32 Å². The van der Waals surface area contributed by atoms with Gasteiger partial charge in [-0.2, -0.15) is 0 Å². The lowest BCUT2D eigenvalue weighted by Gasteiger charge is -2.29. The topological polar surface area (TPSA) is 75.1 Å². The maximum Gasteiger partial charge on any atom is 0.271 e. The number of nitrogens with one attached hydrogen (secondary N) is 1. The maximum atomic E-state index is 11.7. The number of aromatic nitrogens is 2. The van der Waals surface area contributed by atoms with Crippen molar-refractivity contribution in [1.29, 1.82) is 0 Å². The highest BCUT2D eigenvalue weighted by atomic mass is 16.3. The van der Waals surface area contributed by atoms with Gasteiger partial charge in [-0.05, 0) is 5.41 Å². The predicted molar refractivity (Wildman–Crippen MR) is 59.8 cm³/mol. The Morgan fingerprint density at radius 1 is 1.50 bits per heavy atom. The van der Waals surface area contributed by atoms with Crippen LogP contribution in [0, 0.1) is 5.41 Å². The van der Waals surface area contributed by atoms with Crippen molar-refractivity contribution in [2.24, 2.45) is 5.41 Å². The number of hydrogen-bond acceptors (Lipinski definition) is 4. The first-order valence-electron chi connectivity index (χ1n) is 5.13. The largest absolute Gasteiger partial charge is 0.394 e. The van der Waals surface area contributed by atoms with Crippen LogP contribution in [0.4, 0.5) is 0 Å². The second-order valence-corrected chi connectivity index (χ2v) is 4.67. The minimum absolute atomic E-state index is 0.102. The van der Waals surface area contributed by atoms with Gasteiger partial charge in [0, 0.05) is 12.4 Å². The summed E-state index contributed by atoms with van der Waals surface area (Å²) in [5.74, 6) is -0.318. The van der Waals surface area contributed by atoms with Crippen molar-refractivity contribution >= 4 is 5.91 Å². The number of carbonyl (C=O) groups excluding carboxylic acids is 1.